The number of aromatic nitrogens is 1. The van der Waals surface area contributed by atoms with Crippen LogP contribution in [0.1, 0.15) is 50.4 Å². The van der Waals surface area contributed by atoms with Gasteiger partial charge in [0.2, 0.25) is 11.8 Å². The molecule has 1 aliphatic rings. The highest BCUT2D eigenvalue weighted by atomic mass is 16.3. The predicted octanol–water partition coefficient (Wildman–Crippen LogP) is 3.08. The first-order valence-corrected chi connectivity index (χ1v) is 9.52. The van der Waals surface area contributed by atoms with Crippen LogP contribution in [0.5, 0.6) is 0 Å². The van der Waals surface area contributed by atoms with Gasteiger partial charge in [-0.05, 0) is 50.1 Å². The van der Waals surface area contributed by atoms with Crippen LogP contribution in [-0.4, -0.2) is 35.5 Å². The van der Waals surface area contributed by atoms with E-state index in [0.29, 0.717) is 17.9 Å². The minimum atomic E-state index is -1.12. The Morgan fingerprint density at radius 1 is 1.14 bits per heavy atom. The van der Waals surface area contributed by atoms with Crippen molar-refractivity contribution in [2.24, 2.45) is 5.41 Å². The molecule has 1 unspecified atom stereocenters. The van der Waals surface area contributed by atoms with Crippen molar-refractivity contribution in [1.82, 2.24) is 4.98 Å². The fourth-order valence-corrected chi connectivity index (χ4v) is 3.84. The number of anilines is 2. The fraction of sp³-hybridized carbons (Fsp3) is 0.409. The van der Waals surface area contributed by atoms with Crippen LogP contribution < -0.4 is 9.80 Å². The number of fused-ring (bicyclic) bond motifs is 1. The zero-order valence-electron chi connectivity index (χ0n) is 17.1. The van der Waals surface area contributed by atoms with Gasteiger partial charge in [-0.25, -0.2) is 0 Å². The third kappa shape index (κ3) is 3.07. The first-order valence-electron chi connectivity index (χ1n) is 9.52. The molecule has 1 atom stereocenters. The van der Waals surface area contributed by atoms with E-state index < -0.39 is 5.41 Å². The number of pyridine rings is 1. The molecule has 1 aliphatic heterocycles. The number of hydrogen-bond donors (Lipinski definition) is 1. The number of benzene rings is 1. The predicted molar refractivity (Wildman–Crippen MR) is 109 cm³/mol. The summed E-state index contributed by atoms with van der Waals surface area (Å²) >= 11 is 0. The molecule has 3 rings (SSSR count). The lowest BCUT2D eigenvalue weighted by Gasteiger charge is -2.27. The lowest BCUT2D eigenvalue weighted by Crippen LogP contribution is -2.47. The topological polar surface area (TPSA) is 73.7 Å². The van der Waals surface area contributed by atoms with Gasteiger partial charge in [-0.2, -0.15) is 0 Å². The minimum Gasteiger partial charge on any atom is -0.390 e. The Balaban J connectivity index is 2.13. The quantitative estimate of drug-likeness (QED) is 0.826. The van der Waals surface area contributed by atoms with Gasteiger partial charge >= 0.3 is 0 Å². The second-order valence-electron chi connectivity index (χ2n) is 7.71. The smallest absolute Gasteiger partial charge is 0.242 e. The molecule has 0 bridgehead atoms. The van der Waals surface area contributed by atoms with Crippen molar-refractivity contribution >= 4 is 23.2 Å². The van der Waals surface area contributed by atoms with Gasteiger partial charge in [0.25, 0.3) is 0 Å². The van der Waals surface area contributed by atoms with E-state index in [1.54, 1.807) is 36.9 Å². The SMILES string of the molecule is CCN1C(=O)C(C)(C)C(=O)N(C)c2cc(C(C)c3cccnc3CO)ccc21. The summed E-state index contributed by atoms with van der Waals surface area (Å²) in [5, 5.41) is 9.61. The van der Waals surface area contributed by atoms with E-state index in [2.05, 4.69) is 4.98 Å². The summed E-state index contributed by atoms with van der Waals surface area (Å²) in [4.78, 5) is 33.5. The van der Waals surface area contributed by atoms with Gasteiger partial charge in [0.1, 0.15) is 5.41 Å². The maximum absolute atomic E-state index is 13.0. The molecule has 0 spiro atoms. The van der Waals surface area contributed by atoms with Crippen LogP contribution in [0.4, 0.5) is 11.4 Å². The van der Waals surface area contributed by atoms with Crippen LogP contribution in [0.25, 0.3) is 0 Å². The highest BCUT2D eigenvalue weighted by molar-refractivity contribution is 6.19. The highest BCUT2D eigenvalue weighted by Gasteiger charge is 2.45. The Morgan fingerprint density at radius 2 is 1.86 bits per heavy atom. The molecule has 0 fully saturated rings. The fourth-order valence-electron chi connectivity index (χ4n) is 3.84. The van der Waals surface area contributed by atoms with Crippen molar-refractivity contribution in [3.05, 3.63) is 53.3 Å². The second-order valence-corrected chi connectivity index (χ2v) is 7.71. The van der Waals surface area contributed by atoms with E-state index in [4.69, 9.17) is 0 Å². The molecule has 2 aromatic rings. The largest absolute Gasteiger partial charge is 0.390 e. The Morgan fingerprint density at radius 3 is 2.50 bits per heavy atom. The summed E-state index contributed by atoms with van der Waals surface area (Å²) in [7, 11) is 1.72. The van der Waals surface area contributed by atoms with E-state index in [1.165, 1.54) is 0 Å². The van der Waals surface area contributed by atoms with Crippen LogP contribution in [0.3, 0.4) is 0 Å². The molecule has 148 valence electrons. The molecular formula is C22H27N3O3. The van der Waals surface area contributed by atoms with Crippen molar-refractivity contribution in [3.8, 4) is 0 Å². The lowest BCUT2D eigenvalue weighted by molar-refractivity contribution is -0.137. The van der Waals surface area contributed by atoms with Crippen LogP contribution in [-0.2, 0) is 16.2 Å². The summed E-state index contributed by atoms with van der Waals surface area (Å²) in [6.45, 7) is 7.67. The summed E-state index contributed by atoms with van der Waals surface area (Å²) in [5.41, 5.74) is 2.90. The van der Waals surface area contributed by atoms with Crippen LogP contribution in [0, 0.1) is 5.41 Å². The van der Waals surface area contributed by atoms with Gasteiger partial charge in [-0.15, -0.1) is 0 Å². The Bertz CT molecular complexity index is 923. The van der Waals surface area contributed by atoms with Crippen molar-refractivity contribution < 1.29 is 14.7 Å². The first kappa shape index (κ1) is 20.0. The summed E-state index contributed by atoms with van der Waals surface area (Å²) in [6.07, 6.45) is 1.66. The summed E-state index contributed by atoms with van der Waals surface area (Å²) in [5.74, 6) is -0.440. The lowest BCUT2D eigenvalue weighted by atomic mass is 9.90. The molecule has 0 saturated carbocycles. The maximum Gasteiger partial charge on any atom is 0.242 e. The third-order valence-electron chi connectivity index (χ3n) is 5.63. The van der Waals surface area contributed by atoms with E-state index in [-0.39, 0.29) is 24.3 Å². The van der Waals surface area contributed by atoms with E-state index in [1.807, 2.05) is 44.2 Å². The molecule has 0 radical (unpaired) electrons. The Labute approximate surface area is 165 Å². The summed E-state index contributed by atoms with van der Waals surface area (Å²) < 4.78 is 0. The number of carbonyl (C=O) groups is 2. The molecule has 1 aromatic carbocycles. The van der Waals surface area contributed by atoms with E-state index in [0.717, 1.165) is 16.8 Å². The van der Waals surface area contributed by atoms with E-state index >= 15 is 0 Å². The highest BCUT2D eigenvalue weighted by Crippen LogP contribution is 2.40. The molecule has 1 aromatic heterocycles. The first-order chi connectivity index (χ1) is 13.2. The molecule has 28 heavy (non-hydrogen) atoms. The molecule has 0 aliphatic carbocycles. The van der Waals surface area contributed by atoms with Gasteiger partial charge in [-0.3, -0.25) is 14.6 Å². The van der Waals surface area contributed by atoms with Gasteiger partial charge in [-0.1, -0.05) is 19.1 Å². The number of amides is 2. The molecule has 6 nitrogen and oxygen atoms in total. The number of nitrogens with zero attached hydrogens (tertiary/aromatic N) is 3. The number of aliphatic hydroxyl groups is 1. The Kier molecular flexibility index (Phi) is 5.26. The molecule has 0 saturated heterocycles. The standard InChI is InChI=1S/C22H27N3O3/c1-6-25-18-10-9-15(14(2)16-8-7-11-23-17(16)13-26)12-19(18)24(5)20(27)22(3,4)21(25)28/h7-12,14,26H,6,13H2,1-5H3. The number of carbonyl (C=O) groups excluding carboxylic acids is 2. The van der Waals surface area contributed by atoms with Gasteiger partial charge in [0.15, 0.2) is 0 Å². The monoisotopic (exact) mass is 381 g/mol. The number of aliphatic hydroxyl groups excluding tert-OH is 1. The average Bonchev–Trinajstić information content (AvgIpc) is 2.76. The van der Waals surface area contributed by atoms with Crippen LogP contribution >= 0.6 is 0 Å². The van der Waals surface area contributed by atoms with Gasteiger partial charge in [0.05, 0.1) is 23.7 Å². The maximum atomic E-state index is 13.0. The van der Waals surface area contributed by atoms with Crippen molar-refractivity contribution in [3.63, 3.8) is 0 Å². The van der Waals surface area contributed by atoms with Crippen molar-refractivity contribution in [2.45, 2.75) is 40.2 Å². The average molecular weight is 381 g/mol. The zero-order chi connectivity index (χ0) is 20.6. The molecule has 1 N–H and O–H groups in total. The normalized spacial score (nSPS) is 17.4. The molecule has 2 amide bonds. The second kappa shape index (κ2) is 7.36. The van der Waals surface area contributed by atoms with Crippen LogP contribution in [0.15, 0.2) is 36.5 Å². The third-order valence-corrected chi connectivity index (χ3v) is 5.63. The molecular weight excluding hydrogens is 354 g/mol. The minimum absolute atomic E-state index is 0.0216. The Hall–Kier alpha value is -2.73. The van der Waals surface area contributed by atoms with Crippen molar-refractivity contribution in [2.75, 3.05) is 23.4 Å². The van der Waals surface area contributed by atoms with E-state index in [9.17, 15) is 14.7 Å². The van der Waals surface area contributed by atoms with Crippen LogP contribution in [0.2, 0.25) is 0 Å². The zero-order valence-corrected chi connectivity index (χ0v) is 17.1. The number of rotatable bonds is 4. The molecule has 2 heterocycles. The van der Waals surface area contributed by atoms with Crippen molar-refractivity contribution in [1.29, 1.82) is 0 Å². The molecule has 6 heteroatoms. The number of hydrogen-bond acceptors (Lipinski definition) is 4. The van der Waals surface area contributed by atoms with Gasteiger partial charge < -0.3 is 14.9 Å². The summed E-state index contributed by atoms with van der Waals surface area (Å²) in [6, 6.07) is 9.65. The van der Waals surface area contributed by atoms with Gasteiger partial charge in [0, 0.05) is 25.7 Å².